The molecular weight excluding hydrogens is 272 g/mol. The fourth-order valence-corrected chi connectivity index (χ4v) is 2.53. The van der Waals surface area contributed by atoms with Crippen molar-refractivity contribution < 1.29 is 4.79 Å². The minimum absolute atomic E-state index is 0.116. The van der Waals surface area contributed by atoms with Crippen molar-refractivity contribution >= 4 is 22.4 Å². The summed E-state index contributed by atoms with van der Waals surface area (Å²) in [6.07, 6.45) is 6.94. The monoisotopic (exact) mass is 298 g/mol. The minimum atomic E-state index is -0.116. The van der Waals surface area contributed by atoms with Gasteiger partial charge in [-0.25, -0.2) is 0 Å². The average Bonchev–Trinajstić information content (AvgIpc) is 2.90. The number of rotatable bonds is 10. The second kappa shape index (κ2) is 9.69. The minimum Gasteiger partial charge on any atom is -0.360 e. The van der Waals surface area contributed by atoms with E-state index in [1.807, 2.05) is 6.92 Å². The highest BCUT2D eigenvalue weighted by Gasteiger charge is 2.14. The van der Waals surface area contributed by atoms with E-state index >= 15 is 0 Å². The zero-order valence-electron chi connectivity index (χ0n) is 12.7. The van der Waals surface area contributed by atoms with Crippen LogP contribution in [0, 0.1) is 0 Å². The molecule has 0 aliphatic heterocycles. The highest BCUT2D eigenvalue weighted by molar-refractivity contribution is 7.17. The van der Waals surface area contributed by atoms with E-state index in [0.29, 0.717) is 10.1 Å². The molecule has 0 radical (unpaired) electrons. The average molecular weight is 298 g/mol. The molecule has 6 heteroatoms. The Morgan fingerprint density at radius 3 is 2.70 bits per heavy atom. The van der Waals surface area contributed by atoms with Gasteiger partial charge in [-0.1, -0.05) is 50.9 Å². The third-order valence-corrected chi connectivity index (χ3v) is 3.89. The number of unbranched alkanes of at least 4 members (excludes halogenated alkanes) is 3. The first-order valence-electron chi connectivity index (χ1n) is 7.55. The molecule has 0 aliphatic rings. The number of carbonyl (C=O) groups is 1. The number of nitrogens with zero attached hydrogens (tertiary/aromatic N) is 2. The maximum atomic E-state index is 12.0. The molecule has 0 spiro atoms. The number of amides is 1. The Kier molecular flexibility index (Phi) is 8.18. The molecule has 0 aromatic carbocycles. The summed E-state index contributed by atoms with van der Waals surface area (Å²) in [5, 5.41) is 15.2. The summed E-state index contributed by atoms with van der Waals surface area (Å²) in [4.78, 5) is 12.0. The first-order valence-corrected chi connectivity index (χ1v) is 8.37. The molecule has 1 heterocycles. The molecule has 1 amide bonds. The molecule has 0 fully saturated rings. The number of hydrogen-bond donors (Lipinski definition) is 2. The van der Waals surface area contributed by atoms with Gasteiger partial charge in [0.15, 0.2) is 0 Å². The fourth-order valence-electron chi connectivity index (χ4n) is 1.85. The molecule has 0 saturated heterocycles. The standard InChI is InChI=1S/C14H26N4OS/c1-4-6-7-8-9-11(3)16-12(19)13-17-18-14(20-13)15-10-5-2/h11H,4-10H2,1-3H3,(H,15,18)(H,16,19). The van der Waals surface area contributed by atoms with E-state index in [2.05, 4.69) is 34.7 Å². The van der Waals surface area contributed by atoms with Crippen molar-refractivity contribution in [1.29, 1.82) is 0 Å². The van der Waals surface area contributed by atoms with Gasteiger partial charge in [-0.15, -0.1) is 10.2 Å². The van der Waals surface area contributed by atoms with Crippen LogP contribution < -0.4 is 10.6 Å². The van der Waals surface area contributed by atoms with Gasteiger partial charge in [0.25, 0.3) is 5.91 Å². The topological polar surface area (TPSA) is 66.9 Å². The molecule has 1 atom stereocenters. The van der Waals surface area contributed by atoms with Gasteiger partial charge >= 0.3 is 0 Å². The number of nitrogens with one attached hydrogen (secondary N) is 2. The molecular formula is C14H26N4OS. The summed E-state index contributed by atoms with van der Waals surface area (Å²) in [7, 11) is 0. The second-order valence-corrected chi connectivity index (χ2v) is 6.04. The summed E-state index contributed by atoms with van der Waals surface area (Å²) >= 11 is 1.31. The van der Waals surface area contributed by atoms with Crippen molar-refractivity contribution in [2.75, 3.05) is 11.9 Å². The van der Waals surface area contributed by atoms with E-state index in [9.17, 15) is 4.79 Å². The Hall–Kier alpha value is -1.17. The van der Waals surface area contributed by atoms with Crippen LogP contribution >= 0.6 is 11.3 Å². The Morgan fingerprint density at radius 2 is 2.00 bits per heavy atom. The lowest BCUT2D eigenvalue weighted by atomic mass is 10.1. The highest BCUT2D eigenvalue weighted by Crippen LogP contribution is 2.15. The van der Waals surface area contributed by atoms with Crippen LogP contribution in [-0.4, -0.2) is 28.7 Å². The van der Waals surface area contributed by atoms with Crippen molar-refractivity contribution in [3.05, 3.63) is 5.01 Å². The Labute approximate surface area is 125 Å². The lowest BCUT2D eigenvalue weighted by Crippen LogP contribution is -2.32. The van der Waals surface area contributed by atoms with E-state index in [0.717, 1.165) is 25.8 Å². The highest BCUT2D eigenvalue weighted by atomic mass is 32.1. The van der Waals surface area contributed by atoms with Crippen LogP contribution in [-0.2, 0) is 0 Å². The van der Waals surface area contributed by atoms with Crippen molar-refractivity contribution in [1.82, 2.24) is 15.5 Å². The molecule has 1 rings (SSSR count). The SMILES string of the molecule is CCCCCCC(C)NC(=O)c1nnc(NCCC)s1. The molecule has 2 N–H and O–H groups in total. The van der Waals surface area contributed by atoms with Crippen LogP contribution in [0.3, 0.4) is 0 Å². The molecule has 5 nitrogen and oxygen atoms in total. The van der Waals surface area contributed by atoms with Gasteiger partial charge < -0.3 is 10.6 Å². The Balaban J connectivity index is 2.32. The second-order valence-electron chi connectivity index (χ2n) is 5.06. The van der Waals surface area contributed by atoms with Gasteiger partial charge in [0.1, 0.15) is 0 Å². The Morgan fingerprint density at radius 1 is 1.20 bits per heavy atom. The predicted molar refractivity (Wildman–Crippen MR) is 84.4 cm³/mol. The molecule has 1 unspecified atom stereocenters. The molecule has 0 aliphatic carbocycles. The lowest BCUT2D eigenvalue weighted by Gasteiger charge is -2.12. The third-order valence-electron chi connectivity index (χ3n) is 3.01. The molecule has 1 aromatic heterocycles. The van der Waals surface area contributed by atoms with E-state index in [1.165, 1.54) is 30.6 Å². The van der Waals surface area contributed by atoms with Crippen LogP contribution in [0.15, 0.2) is 0 Å². The summed E-state index contributed by atoms with van der Waals surface area (Å²) < 4.78 is 0. The van der Waals surface area contributed by atoms with Gasteiger partial charge in [0.2, 0.25) is 10.1 Å². The van der Waals surface area contributed by atoms with Crippen molar-refractivity contribution in [3.8, 4) is 0 Å². The molecule has 1 aromatic rings. The van der Waals surface area contributed by atoms with Crippen LogP contribution in [0.1, 0.15) is 69.1 Å². The maximum Gasteiger partial charge on any atom is 0.282 e. The third kappa shape index (κ3) is 6.32. The van der Waals surface area contributed by atoms with Crippen LogP contribution in [0.25, 0.3) is 0 Å². The van der Waals surface area contributed by atoms with Crippen molar-refractivity contribution in [2.45, 2.75) is 65.3 Å². The van der Waals surface area contributed by atoms with Gasteiger partial charge in [-0.2, -0.15) is 0 Å². The zero-order chi connectivity index (χ0) is 14.8. The summed E-state index contributed by atoms with van der Waals surface area (Å²) in [6.45, 7) is 7.18. The quantitative estimate of drug-likeness (QED) is 0.649. The van der Waals surface area contributed by atoms with E-state index in [-0.39, 0.29) is 11.9 Å². The number of carbonyl (C=O) groups excluding carboxylic acids is 1. The predicted octanol–water partition coefficient (Wildman–Crippen LogP) is 3.45. The number of aromatic nitrogens is 2. The lowest BCUT2D eigenvalue weighted by molar-refractivity contribution is 0.0937. The smallest absolute Gasteiger partial charge is 0.282 e. The van der Waals surface area contributed by atoms with E-state index in [4.69, 9.17) is 0 Å². The number of hydrogen-bond acceptors (Lipinski definition) is 5. The van der Waals surface area contributed by atoms with E-state index < -0.39 is 0 Å². The molecule has 114 valence electrons. The number of anilines is 1. The summed E-state index contributed by atoms with van der Waals surface area (Å²) in [5.41, 5.74) is 0. The van der Waals surface area contributed by atoms with Crippen LogP contribution in [0.2, 0.25) is 0 Å². The Bertz CT molecular complexity index is 394. The summed E-state index contributed by atoms with van der Waals surface area (Å²) in [5.74, 6) is -0.116. The van der Waals surface area contributed by atoms with Gasteiger partial charge in [-0.05, 0) is 19.8 Å². The maximum absolute atomic E-state index is 12.0. The fraction of sp³-hybridized carbons (Fsp3) is 0.786. The van der Waals surface area contributed by atoms with Gasteiger partial charge in [0.05, 0.1) is 0 Å². The molecule has 20 heavy (non-hydrogen) atoms. The summed E-state index contributed by atoms with van der Waals surface area (Å²) in [6, 6.07) is 0.190. The first-order chi connectivity index (χ1) is 9.67. The van der Waals surface area contributed by atoms with Gasteiger partial charge in [0, 0.05) is 12.6 Å². The van der Waals surface area contributed by atoms with Crippen LogP contribution in [0.4, 0.5) is 5.13 Å². The molecule has 0 bridgehead atoms. The van der Waals surface area contributed by atoms with Crippen LogP contribution in [0.5, 0.6) is 0 Å². The largest absolute Gasteiger partial charge is 0.360 e. The normalized spacial score (nSPS) is 12.2. The van der Waals surface area contributed by atoms with E-state index in [1.54, 1.807) is 0 Å². The van der Waals surface area contributed by atoms with Crippen molar-refractivity contribution in [2.24, 2.45) is 0 Å². The molecule has 0 saturated carbocycles. The van der Waals surface area contributed by atoms with Crippen molar-refractivity contribution in [3.63, 3.8) is 0 Å². The van der Waals surface area contributed by atoms with Gasteiger partial charge in [-0.3, -0.25) is 4.79 Å². The zero-order valence-corrected chi connectivity index (χ0v) is 13.6. The first kappa shape index (κ1) is 16.9.